The summed E-state index contributed by atoms with van der Waals surface area (Å²) in [6.45, 7) is 5.19. The summed E-state index contributed by atoms with van der Waals surface area (Å²) in [5, 5.41) is 15.2. The third kappa shape index (κ3) is 3.69. The first-order chi connectivity index (χ1) is 13.7. The van der Waals surface area contributed by atoms with Crippen molar-refractivity contribution in [2.24, 2.45) is 5.41 Å². The van der Waals surface area contributed by atoms with Crippen LogP contribution in [0.1, 0.15) is 30.9 Å². The quantitative estimate of drug-likeness (QED) is 0.787. The number of halogens is 3. The SMILES string of the molecule is CC1([C@](O)(c2ccc(OC(F)(F)F)cc2)c2cccc(N3CCCC3)c2)CNC1. The Labute approximate surface area is 168 Å². The van der Waals surface area contributed by atoms with E-state index in [9.17, 15) is 18.3 Å². The number of alkyl halides is 3. The van der Waals surface area contributed by atoms with Crippen LogP contribution >= 0.6 is 0 Å². The van der Waals surface area contributed by atoms with E-state index in [-0.39, 0.29) is 5.75 Å². The van der Waals surface area contributed by atoms with Crippen molar-refractivity contribution in [3.8, 4) is 5.75 Å². The Morgan fingerprint density at radius 1 is 1.00 bits per heavy atom. The van der Waals surface area contributed by atoms with Gasteiger partial charge in [-0.05, 0) is 48.2 Å². The Kier molecular flexibility index (Phi) is 4.99. The Bertz CT molecular complexity index is 859. The third-order valence-electron chi connectivity index (χ3n) is 6.14. The van der Waals surface area contributed by atoms with Crippen LogP contribution in [0.25, 0.3) is 0 Å². The van der Waals surface area contributed by atoms with Gasteiger partial charge >= 0.3 is 6.36 Å². The number of benzene rings is 2. The van der Waals surface area contributed by atoms with Gasteiger partial charge in [-0.3, -0.25) is 0 Å². The maximum absolute atomic E-state index is 12.5. The lowest BCUT2D eigenvalue weighted by atomic mass is 9.62. The fourth-order valence-corrected chi connectivity index (χ4v) is 4.42. The third-order valence-corrected chi connectivity index (χ3v) is 6.14. The molecule has 0 aromatic heterocycles. The van der Waals surface area contributed by atoms with Gasteiger partial charge in [0.15, 0.2) is 0 Å². The molecule has 7 heteroatoms. The van der Waals surface area contributed by atoms with E-state index in [2.05, 4.69) is 15.0 Å². The molecule has 0 amide bonds. The van der Waals surface area contributed by atoms with Crippen LogP contribution in [0, 0.1) is 5.41 Å². The summed E-state index contributed by atoms with van der Waals surface area (Å²) in [5.74, 6) is -0.300. The first-order valence-corrected chi connectivity index (χ1v) is 9.86. The average molecular weight is 406 g/mol. The van der Waals surface area contributed by atoms with Crippen LogP contribution in [0.15, 0.2) is 48.5 Å². The molecular weight excluding hydrogens is 381 g/mol. The maximum Gasteiger partial charge on any atom is 0.573 e. The van der Waals surface area contributed by atoms with Crippen molar-refractivity contribution >= 4 is 5.69 Å². The van der Waals surface area contributed by atoms with Crippen molar-refractivity contribution < 1.29 is 23.0 Å². The van der Waals surface area contributed by atoms with Gasteiger partial charge in [0.25, 0.3) is 0 Å². The average Bonchev–Trinajstić information content (AvgIpc) is 3.20. The first kappa shape index (κ1) is 20.0. The number of nitrogens with zero attached hydrogens (tertiary/aromatic N) is 1. The minimum atomic E-state index is -4.74. The molecule has 2 heterocycles. The molecule has 2 fully saturated rings. The van der Waals surface area contributed by atoms with Crippen LogP contribution in [0.5, 0.6) is 5.75 Å². The van der Waals surface area contributed by atoms with Gasteiger partial charge in [-0.15, -0.1) is 13.2 Å². The molecule has 4 nitrogen and oxygen atoms in total. The van der Waals surface area contributed by atoms with Crippen LogP contribution in [-0.2, 0) is 5.60 Å². The molecule has 2 aromatic carbocycles. The van der Waals surface area contributed by atoms with E-state index in [0.29, 0.717) is 18.7 Å². The molecule has 1 atom stereocenters. The molecule has 4 rings (SSSR count). The molecule has 2 aliphatic rings. The molecule has 2 aromatic rings. The minimum absolute atomic E-state index is 0.300. The van der Waals surface area contributed by atoms with E-state index in [1.165, 1.54) is 24.3 Å². The number of hydrogen-bond donors (Lipinski definition) is 2. The highest BCUT2D eigenvalue weighted by atomic mass is 19.4. The van der Waals surface area contributed by atoms with Crippen LogP contribution in [0.3, 0.4) is 0 Å². The molecule has 0 spiro atoms. The summed E-state index contributed by atoms with van der Waals surface area (Å²) in [6.07, 6.45) is -2.45. The minimum Gasteiger partial charge on any atom is -0.406 e. The fraction of sp³-hybridized carbons (Fsp3) is 0.455. The Balaban J connectivity index is 1.73. The lowest BCUT2D eigenvalue weighted by Gasteiger charge is -2.52. The monoisotopic (exact) mass is 406 g/mol. The summed E-state index contributed by atoms with van der Waals surface area (Å²) in [4.78, 5) is 2.30. The standard InChI is InChI=1S/C22H25F3N2O2/c1-20(14-26-15-20)21(28,16-7-9-19(10-8-16)29-22(23,24)25)17-5-4-6-18(13-17)27-11-2-3-12-27/h4-10,13,26,28H,2-3,11-12,14-15H2,1H3/t21-/m0/s1. The highest BCUT2D eigenvalue weighted by molar-refractivity contribution is 5.53. The Morgan fingerprint density at radius 2 is 1.66 bits per heavy atom. The van der Waals surface area contributed by atoms with E-state index in [0.717, 1.165) is 37.2 Å². The Morgan fingerprint density at radius 3 is 2.21 bits per heavy atom. The summed E-state index contributed by atoms with van der Waals surface area (Å²) in [6, 6.07) is 13.4. The van der Waals surface area contributed by atoms with E-state index in [1.807, 2.05) is 31.2 Å². The lowest BCUT2D eigenvalue weighted by molar-refractivity contribution is -0.274. The zero-order valence-electron chi connectivity index (χ0n) is 16.3. The summed E-state index contributed by atoms with van der Waals surface area (Å²) in [7, 11) is 0. The van der Waals surface area contributed by atoms with Crippen LogP contribution in [-0.4, -0.2) is 37.6 Å². The maximum atomic E-state index is 12.5. The molecule has 0 bridgehead atoms. The van der Waals surface area contributed by atoms with E-state index in [4.69, 9.17) is 0 Å². The zero-order valence-corrected chi connectivity index (χ0v) is 16.3. The zero-order chi connectivity index (χ0) is 20.7. The van der Waals surface area contributed by atoms with Crippen molar-refractivity contribution in [1.82, 2.24) is 5.32 Å². The number of nitrogens with one attached hydrogen (secondary N) is 1. The molecule has 156 valence electrons. The molecule has 0 radical (unpaired) electrons. The molecule has 2 saturated heterocycles. The van der Waals surface area contributed by atoms with E-state index < -0.39 is 17.4 Å². The van der Waals surface area contributed by atoms with Gasteiger partial charge in [0.05, 0.1) is 0 Å². The second-order valence-electron chi connectivity index (χ2n) is 8.19. The Hall–Kier alpha value is -2.25. The van der Waals surface area contributed by atoms with Gasteiger partial charge < -0.3 is 20.1 Å². The number of rotatable bonds is 5. The van der Waals surface area contributed by atoms with Gasteiger partial charge in [0.2, 0.25) is 0 Å². The van der Waals surface area contributed by atoms with Crippen LogP contribution in [0.2, 0.25) is 0 Å². The lowest BCUT2D eigenvalue weighted by Crippen LogP contribution is -2.63. The second-order valence-corrected chi connectivity index (χ2v) is 8.19. The van der Waals surface area contributed by atoms with Crippen LogP contribution < -0.4 is 15.0 Å². The van der Waals surface area contributed by atoms with Crippen molar-refractivity contribution in [1.29, 1.82) is 0 Å². The van der Waals surface area contributed by atoms with Gasteiger partial charge in [0, 0.05) is 37.3 Å². The van der Waals surface area contributed by atoms with Gasteiger partial charge in [-0.2, -0.15) is 0 Å². The largest absolute Gasteiger partial charge is 0.573 e. The highest BCUT2D eigenvalue weighted by Crippen LogP contribution is 2.48. The summed E-state index contributed by atoms with van der Waals surface area (Å²) < 4.78 is 41.5. The topological polar surface area (TPSA) is 44.7 Å². The predicted molar refractivity (Wildman–Crippen MR) is 105 cm³/mol. The normalized spacial score (nSPS) is 20.8. The molecule has 0 saturated carbocycles. The molecule has 29 heavy (non-hydrogen) atoms. The van der Waals surface area contributed by atoms with Gasteiger partial charge in [0.1, 0.15) is 11.4 Å². The van der Waals surface area contributed by atoms with Crippen molar-refractivity contribution in [2.75, 3.05) is 31.1 Å². The van der Waals surface area contributed by atoms with Gasteiger partial charge in [-0.1, -0.05) is 31.2 Å². The van der Waals surface area contributed by atoms with Crippen molar-refractivity contribution in [3.63, 3.8) is 0 Å². The molecule has 2 aliphatic heterocycles. The van der Waals surface area contributed by atoms with Gasteiger partial charge in [-0.25, -0.2) is 0 Å². The first-order valence-electron chi connectivity index (χ1n) is 9.86. The molecule has 2 N–H and O–H groups in total. The molecule has 0 aliphatic carbocycles. The van der Waals surface area contributed by atoms with Crippen molar-refractivity contribution in [3.05, 3.63) is 59.7 Å². The highest BCUT2D eigenvalue weighted by Gasteiger charge is 2.53. The second kappa shape index (κ2) is 7.22. The van der Waals surface area contributed by atoms with Crippen molar-refractivity contribution in [2.45, 2.75) is 31.7 Å². The predicted octanol–water partition coefficient (Wildman–Crippen LogP) is 4.03. The number of aliphatic hydroxyl groups is 1. The fourth-order valence-electron chi connectivity index (χ4n) is 4.42. The molecule has 0 unspecified atom stereocenters. The summed E-state index contributed by atoms with van der Waals surface area (Å²) in [5.41, 5.74) is 0.532. The number of anilines is 1. The smallest absolute Gasteiger partial charge is 0.406 e. The summed E-state index contributed by atoms with van der Waals surface area (Å²) >= 11 is 0. The number of hydrogen-bond acceptors (Lipinski definition) is 4. The van der Waals surface area contributed by atoms with E-state index in [1.54, 1.807) is 0 Å². The van der Waals surface area contributed by atoms with E-state index >= 15 is 0 Å². The number of ether oxygens (including phenoxy) is 1. The molecular formula is C22H25F3N2O2. The van der Waals surface area contributed by atoms with Crippen LogP contribution in [0.4, 0.5) is 18.9 Å².